The summed E-state index contributed by atoms with van der Waals surface area (Å²) in [4.78, 5) is 0. The fourth-order valence-corrected chi connectivity index (χ4v) is 17.4. The molecule has 1 aromatic heterocycles. The first-order valence-electron chi connectivity index (χ1n) is 6.33. The van der Waals surface area contributed by atoms with Gasteiger partial charge >= 0.3 is 98.3 Å². The summed E-state index contributed by atoms with van der Waals surface area (Å²) in [7, 11) is 0. The summed E-state index contributed by atoms with van der Waals surface area (Å²) in [5.74, 6) is 0. The van der Waals surface area contributed by atoms with Crippen LogP contribution in [-0.2, 0) is 0 Å². The summed E-state index contributed by atoms with van der Waals surface area (Å²) in [5.41, 5.74) is 0. The maximum absolute atomic E-state index is 5.75. The summed E-state index contributed by atoms with van der Waals surface area (Å²) in [6.45, 7) is 6.96. The van der Waals surface area contributed by atoms with Crippen molar-refractivity contribution in [3.8, 4) is 0 Å². The monoisotopic (exact) mass is 316 g/mol. The Bertz CT molecular complexity index is 236. The number of rotatable bonds is 7. The molecule has 0 amide bonds. The van der Waals surface area contributed by atoms with Crippen LogP contribution in [0.15, 0.2) is 22.8 Å². The molecule has 0 unspecified atom stereocenters. The quantitative estimate of drug-likeness (QED) is 0.689. The van der Waals surface area contributed by atoms with Gasteiger partial charge in [-0.3, -0.25) is 0 Å². The molecule has 0 aliphatic heterocycles. The van der Waals surface area contributed by atoms with Gasteiger partial charge in [0.15, 0.2) is 0 Å². The van der Waals surface area contributed by atoms with Gasteiger partial charge in [0.05, 0.1) is 0 Å². The van der Waals surface area contributed by atoms with Gasteiger partial charge < -0.3 is 0 Å². The molecule has 0 bridgehead atoms. The Labute approximate surface area is 98.1 Å². The van der Waals surface area contributed by atoms with Crippen LogP contribution in [0.5, 0.6) is 0 Å². The van der Waals surface area contributed by atoms with Crippen molar-refractivity contribution in [2.75, 3.05) is 0 Å². The van der Waals surface area contributed by atoms with Crippen LogP contribution in [0.25, 0.3) is 0 Å². The molecule has 2 heteroatoms. The third kappa shape index (κ3) is 3.27. The maximum atomic E-state index is 5.75. The summed E-state index contributed by atoms with van der Waals surface area (Å²) >= 11 is -2.10. The summed E-state index contributed by atoms with van der Waals surface area (Å²) < 4.78 is 11.5. The molecular weight excluding hydrogens is 291 g/mol. The third-order valence-corrected chi connectivity index (χ3v) is 19.5. The van der Waals surface area contributed by atoms with Crippen LogP contribution in [0.2, 0.25) is 13.3 Å². The molecule has 1 rings (SSSR count). The minimum atomic E-state index is -2.10. The van der Waals surface area contributed by atoms with E-state index in [9.17, 15) is 0 Å². The average Bonchev–Trinajstić information content (AvgIpc) is 2.72. The fraction of sp³-hybridized carbons (Fsp3) is 0.692. The zero-order chi connectivity index (χ0) is 11.1. The molecule has 0 spiro atoms. The van der Waals surface area contributed by atoms with Gasteiger partial charge in [-0.2, -0.15) is 0 Å². The zero-order valence-corrected chi connectivity index (χ0v) is 13.2. The van der Waals surface area contributed by atoms with Crippen LogP contribution >= 0.6 is 0 Å². The van der Waals surface area contributed by atoms with E-state index in [0.29, 0.717) is 0 Å². The molecular formula is C13H24OSn. The third-order valence-electron chi connectivity index (χ3n) is 3.23. The van der Waals surface area contributed by atoms with Gasteiger partial charge in [0, 0.05) is 0 Å². The molecule has 0 fully saturated rings. The van der Waals surface area contributed by atoms with E-state index in [1.54, 1.807) is 0 Å². The first-order valence-corrected chi connectivity index (χ1v) is 13.8. The second-order valence-corrected chi connectivity index (χ2v) is 17.5. The average molecular weight is 315 g/mol. The number of hydrogen-bond acceptors (Lipinski definition) is 1. The Balaban J connectivity index is 2.90. The molecule has 1 heterocycles. The molecule has 0 radical (unpaired) electrons. The van der Waals surface area contributed by atoms with Crippen LogP contribution in [0.1, 0.15) is 40.0 Å². The Kier molecular flexibility index (Phi) is 5.80. The molecule has 1 nitrogen and oxygen atoms in total. The number of hydrogen-bond donors (Lipinski definition) is 0. The van der Waals surface area contributed by atoms with Gasteiger partial charge in [0.1, 0.15) is 0 Å². The van der Waals surface area contributed by atoms with Crippen LogP contribution < -0.4 is 3.78 Å². The van der Waals surface area contributed by atoms with E-state index < -0.39 is 18.4 Å². The molecule has 0 aromatic carbocycles. The van der Waals surface area contributed by atoms with Crippen molar-refractivity contribution >= 4 is 22.2 Å². The van der Waals surface area contributed by atoms with Crippen molar-refractivity contribution in [1.82, 2.24) is 0 Å². The molecule has 0 atom stereocenters. The Morgan fingerprint density at radius 1 is 1.00 bits per heavy atom. The van der Waals surface area contributed by atoms with Crippen LogP contribution in [0.3, 0.4) is 0 Å². The van der Waals surface area contributed by atoms with E-state index in [4.69, 9.17) is 4.42 Å². The summed E-state index contributed by atoms with van der Waals surface area (Å²) in [6.07, 6.45) is 5.85. The second kappa shape index (κ2) is 6.62. The van der Waals surface area contributed by atoms with E-state index in [0.717, 1.165) is 0 Å². The van der Waals surface area contributed by atoms with E-state index >= 15 is 0 Å². The van der Waals surface area contributed by atoms with Gasteiger partial charge in [-0.15, -0.1) is 0 Å². The van der Waals surface area contributed by atoms with Crippen molar-refractivity contribution in [2.24, 2.45) is 0 Å². The first kappa shape index (κ1) is 13.1. The molecule has 1 aromatic rings. The molecule has 0 N–H and O–H groups in total. The van der Waals surface area contributed by atoms with Crippen molar-refractivity contribution in [2.45, 2.75) is 53.3 Å². The second-order valence-electron chi connectivity index (χ2n) is 4.51. The first-order chi connectivity index (χ1) is 7.29. The normalized spacial score (nSPS) is 11.9. The Morgan fingerprint density at radius 3 is 1.87 bits per heavy atom. The van der Waals surface area contributed by atoms with E-state index in [-0.39, 0.29) is 0 Å². The zero-order valence-electron chi connectivity index (χ0n) is 10.4. The van der Waals surface area contributed by atoms with Crippen LogP contribution in [-0.4, -0.2) is 18.4 Å². The molecule has 0 aliphatic rings. The van der Waals surface area contributed by atoms with Crippen molar-refractivity contribution in [3.05, 3.63) is 18.4 Å². The number of furan rings is 1. The predicted octanol–water partition coefficient (Wildman–Crippen LogP) is 4.17. The molecule has 86 valence electrons. The van der Waals surface area contributed by atoms with Gasteiger partial charge in [0.2, 0.25) is 0 Å². The minimum absolute atomic E-state index is 1.33. The van der Waals surface area contributed by atoms with Gasteiger partial charge in [-0.05, 0) is 0 Å². The van der Waals surface area contributed by atoms with Crippen LogP contribution in [0.4, 0.5) is 0 Å². The van der Waals surface area contributed by atoms with Gasteiger partial charge in [-0.1, -0.05) is 0 Å². The SMILES string of the molecule is CC[CH2][Sn]([CH2]CC)([CH2]CC)[c]1ccco1. The molecule has 15 heavy (non-hydrogen) atoms. The van der Waals surface area contributed by atoms with Gasteiger partial charge in [0.25, 0.3) is 0 Å². The Hall–Kier alpha value is 0.0787. The summed E-state index contributed by atoms with van der Waals surface area (Å²) in [6, 6.07) is 4.32. The van der Waals surface area contributed by atoms with E-state index in [2.05, 4.69) is 32.9 Å². The van der Waals surface area contributed by atoms with Crippen LogP contribution in [0, 0.1) is 0 Å². The van der Waals surface area contributed by atoms with Gasteiger partial charge in [-0.25, -0.2) is 0 Å². The molecule has 0 saturated heterocycles. The van der Waals surface area contributed by atoms with E-state index in [1.807, 2.05) is 6.26 Å². The Morgan fingerprint density at radius 2 is 1.53 bits per heavy atom. The molecule has 0 saturated carbocycles. The molecule has 0 aliphatic carbocycles. The van der Waals surface area contributed by atoms with Crippen molar-refractivity contribution in [3.63, 3.8) is 0 Å². The predicted molar refractivity (Wildman–Crippen MR) is 69.4 cm³/mol. The fourth-order valence-electron chi connectivity index (χ4n) is 2.76. The summed E-state index contributed by atoms with van der Waals surface area (Å²) in [5, 5.41) is 0. The standard InChI is InChI=1S/C4H3O.3C3H7.Sn/c1-2-4-5-3-1;3*1-3-2;/h1-3H;3*1,3H2,2H3;. The van der Waals surface area contributed by atoms with E-state index in [1.165, 1.54) is 36.3 Å². The van der Waals surface area contributed by atoms with Crippen molar-refractivity contribution in [1.29, 1.82) is 0 Å². The van der Waals surface area contributed by atoms with Crippen molar-refractivity contribution < 1.29 is 4.42 Å². The topological polar surface area (TPSA) is 13.1 Å².